The topological polar surface area (TPSA) is 89.8 Å². The molecule has 2 amide bonds. The molecule has 2 aromatic rings. The Labute approximate surface area is 166 Å². The quantitative estimate of drug-likeness (QED) is 0.401. The molecule has 8 heteroatoms. The largest absolute Gasteiger partial charge is 0.488 e. The lowest BCUT2D eigenvalue weighted by atomic mass is 10.1. The van der Waals surface area contributed by atoms with Gasteiger partial charge in [-0.1, -0.05) is 30.3 Å². The van der Waals surface area contributed by atoms with Crippen molar-refractivity contribution in [2.75, 3.05) is 0 Å². The molecule has 144 valence electrons. The van der Waals surface area contributed by atoms with Gasteiger partial charge in [0.25, 0.3) is 16.8 Å². The van der Waals surface area contributed by atoms with E-state index in [1.54, 1.807) is 56.3 Å². The van der Waals surface area contributed by atoms with Gasteiger partial charge in [-0.3, -0.25) is 24.6 Å². The first kappa shape index (κ1) is 19.6. The van der Waals surface area contributed by atoms with Crippen LogP contribution in [-0.2, 0) is 11.4 Å². The number of nitro benzene ring substituents is 1. The summed E-state index contributed by atoms with van der Waals surface area (Å²) in [6.07, 6.45) is 1.63. The van der Waals surface area contributed by atoms with Gasteiger partial charge in [-0.05, 0) is 43.3 Å². The summed E-state index contributed by atoms with van der Waals surface area (Å²) in [4.78, 5) is 36.5. The summed E-state index contributed by atoms with van der Waals surface area (Å²) in [5, 5.41) is 10.6. The lowest BCUT2D eigenvalue weighted by Gasteiger charge is -2.16. The molecule has 0 N–H and O–H groups in total. The maximum absolute atomic E-state index is 12.5. The van der Waals surface area contributed by atoms with Gasteiger partial charge in [0.15, 0.2) is 0 Å². The molecule has 0 saturated carbocycles. The van der Waals surface area contributed by atoms with Crippen LogP contribution in [0.4, 0.5) is 10.5 Å². The van der Waals surface area contributed by atoms with Crippen molar-refractivity contribution in [2.45, 2.75) is 26.5 Å². The number of amides is 2. The SMILES string of the molecule is CC(C)N1C(=O)S/C(=C/c2ccccc2OCc2cccc([N+](=O)[O-])c2)C1=O. The second-order valence-corrected chi connectivity index (χ2v) is 7.39. The van der Waals surface area contributed by atoms with Crippen LogP contribution in [0, 0.1) is 10.1 Å². The number of carbonyl (C=O) groups excluding carboxylic acids is 2. The third-order valence-corrected chi connectivity index (χ3v) is 4.94. The summed E-state index contributed by atoms with van der Waals surface area (Å²) in [7, 11) is 0. The van der Waals surface area contributed by atoms with Crippen LogP contribution < -0.4 is 4.74 Å². The predicted octanol–water partition coefficient (Wildman–Crippen LogP) is 4.62. The summed E-state index contributed by atoms with van der Waals surface area (Å²) < 4.78 is 5.82. The van der Waals surface area contributed by atoms with E-state index in [0.29, 0.717) is 21.8 Å². The number of non-ortho nitro benzene ring substituents is 1. The van der Waals surface area contributed by atoms with Crippen molar-refractivity contribution in [1.82, 2.24) is 4.90 Å². The van der Waals surface area contributed by atoms with Crippen LogP contribution >= 0.6 is 11.8 Å². The molecule has 7 nitrogen and oxygen atoms in total. The first-order valence-electron chi connectivity index (χ1n) is 8.59. The smallest absolute Gasteiger partial charge is 0.293 e. The summed E-state index contributed by atoms with van der Waals surface area (Å²) >= 11 is 0.901. The molecule has 0 bridgehead atoms. The first-order valence-corrected chi connectivity index (χ1v) is 9.40. The van der Waals surface area contributed by atoms with Gasteiger partial charge in [0.2, 0.25) is 0 Å². The van der Waals surface area contributed by atoms with E-state index in [4.69, 9.17) is 4.74 Å². The van der Waals surface area contributed by atoms with Gasteiger partial charge in [0, 0.05) is 23.7 Å². The molecule has 0 aromatic heterocycles. The number of imide groups is 1. The number of hydrogen-bond donors (Lipinski definition) is 0. The molecule has 0 unspecified atom stereocenters. The fourth-order valence-electron chi connectivity index (χ4n) is 2.72. The second-order valence-electron chi connectivity index (χ2n) is 6.40. The molecule has 1 fully saturated rings. The Morgan fingerprint density at radius 3 is 2.61 bits per heavy atom. The number of nitro groups is 1. The van der Waals surface area contributed by atoms with Crippen molar-refractivity contribution in [3.05, 3.63) is 74.7 Å². The second kappa shape index (κ2) is 8.26. The van der Waals surface area contributed by atoms with Gasteiger partial charge >= 0.3 is 0 Å². The maximum Gasteiger partial charge on any atom is 0.293 e. The number of benzene rings is 2. The maximum atomic E-state index is 12.5. The molecular formula is C20H18N2O5S. The fourth-order valence-corrected chi connectivity index (χ4v) is 3.67. The molecule has 0 atom stereocenters. The molecule has 2 aromatic carbocycles. The van der Waals surface area contributed by atoms with Crippen LogP contribution in [0.2, 0.25) is 0 Å². The minimum absolute atomic E-state index is 0.00301. The highest BCUT2D eigenvalue weighted by molar-refractivity contribution is 8.18. The average Bonchev–Trinajstić information content (AvgIpc) is 2.94. The minimum atomic E-state index is -0.456. The molecule has 0 spiro atoms. The standard InChI is InChI=1S/C20H18N2O5S/c1-13(2)21-19(23)18(28-20(21)24)11-15-7-3-4-9-17(15)27-12-14-6-5-8-16(10-14)22(25)26/h3-11,13H,12H2,1-2H3/b18-11+. The molecule has 0 radical (unpaired) electrons. The number of para-hydroxylation sites is 1. The number of nitrogens with zero attached hydrogens (tertiary/aromatic N) is 2. The van der Waals surface area contributed by atoms with Gasteiger partial charge < -0.3 is 4.74 Å². The normalized spacial score (nSPS) is 15.5. The molecule has 1 aliphatic heterocycles. The number of hydrogen-bond acceptors (Lipinski definition) is 6. The highest BCUT2D eigenvalue weighted by Crippen LogP contribution is 2.35. The molecule has 3 rings (SSSR count). The van der Waals surface area contributed by atoms with Crippen molar-refractivity contribution in [3.8, 4) is 5.75 Å². The monoisotopic (exact) mass is 398 g/mol. The van der Waals surface area contributed by atoms with Crippen LogP contribution in [0.1, 0.15) is 25.0 Å². The number of thioether (sulfide) groups is 1. The van der Waals surface area contributed by atoms with Gasteiger partial charge in [-0.15, -0.1) is 0 Å². The zero-order chi connectivity index (χ0) is 20.3. The van der Waals surface area contributed by atoms with Crippen molar-refractivity contribution in [2.24, 2.45) is 0 Å². The Kier molecular flexibility index (Phi) is 5.79. The van der Waals surface area contributed by atoms with E-state index in [1.807, 2.05) is 0 Å². The Morgan fingerprint density at radius 2 is 1.93 bits per heavy atom. The van der Waals surface area contributed by atoms with E-state index in [2.05, 4.69) is 0 Å². The van der Waals surface area contributed by atoms with Crippen LogP contribution in [0.3, 0.4) is 0 Å². The number of ether oxygens (including phenoxy) is 1. The van der Waals surface area contributed by atoms with E-state index in [-0.39, 0.29) is 29.5 Å². The van der Waals surface area contributed by atoms with Gasteiger partial charge in [0.05, 0.1) is 9.83 Å². The first-order chi connectivity index (χ1) is 13.4. The van der Waals surface area contributed by atoms with Crippen LogP contribution in [0.5, 0.6) is 5.75 Å². The van der Waals surface area contributed by atoms with Gasteiger partial charge in [0.1, 0.15) is 12.4 Å². The molecular weight excluding hydrogens is 380 g/mol. The Bertz CT molecular complexity index is 971. The lowest BCUT2D eigenvalue weighted by Crippen LogP contribution is -2.34. The number of rotatable bonds is 6. The number of carbonyl (C=O) groups is 2. The Hall–Kier alpha value is -3.13. The van der Waals surface area contributed by atoms with E-state index >= 15 is 0 Å². The highest BCUT2D eigenvalue weighted by atomic mass is 32.2. The molecule has 1 saturated heterocycles. The molecule has 0 aliphatic carbocycles. The van der Waals surface area contributed by atoms with Crippen LogP contribution in [-0.4, -0.2) is 27.0 Å². The molecule has 28 heavy (non-hydrogen) atoms. The fraction of sp³-hybridized carbons (Fsp3) is 0.200. The van der Waals surface area contributed by atoms with E-state index in [9.17, 15) is 19.7 Å². The van der Waals surface area contributed by atoms with Crippen molar-refractivity contribution in [3.63, 3.8) is 0 Å². The van der Waals surface area contributed by atoms with E-state index < -0.39 is 4.92 Å². The Morgan fingerprint density at radius 1 is 1.18 bits per heavy atom. The summed E-state index contributed by atoms with van der Waals surface area (Å²) in [6, 6.07) is 13.1. The Balaban J connectivity index is 1.81. The van der Waals surface area contributed by atoms with Crippen molar-refractivity contribution >= 4 is 34.7 Å². The third-order valence-electron chi connectivity index (χ3n) is 4.06. The van der Waals surface area contributed by atoms with Crippen molar-refractivity contribution < 1.29 is 19.2 Å². The summed E-state index contributed by atoms with van der Waals surface area (Å²) in [6.45, 7) is 3.71. The zero-order valence-electron chi connectivity index (χ0n) is 15.3. The van der Waals surface area contributed by atoms with Gasteiger partial charge in [-0.2, -0.15) is 0 Å². The van der Waals surface area contributed by atoms with Crippen LogP contribution in [0.25, 0.3) is 6.08 Å². The average molecular weight is 398 g/mol. The predicted molar refractivity (Wildman–Crippen MR) is 107 cm³/mol. The van der Waals surface area contributed by atoms with E-state index in [1.165, 1.54) is 17.0 Å². The minimum Gasteiger partial charge on any atom is -0.488 e. The van der Waals surface area contributed by atoms with Crippen molar-refractivity contribution in [1.29, 1.82) is 0 Å². The van der Waals surface area contributed by atoms with E-state index in [0.717, 1.165) is 11.8 Å². The zero-order valence-corrected chi connectivity index (χ0v) is 16.1. The van der Waals surface area contributed by atoms with Gasteiger partial charge in [-0.25, -0.2) is 0 Å². The summed E-state index contributed by atoms with van der Waals surface area (Å²) in [5.74, 6) is 0.198. The molecule has 1 heterocycles. The highest BCUT2D eigenvalue weighted by Gasteiger charge is 2.36. The molecule has 1 aliphatic rings. The third kappa shape index (κ3) is 4.23. The van der Waals surface area contributed by atoms with Crippen LogP contribution in [0.15, 0.2) is 53.4 Å². The summed E-state index contributed by atoms with van der Waals surface area (Å²) in [5.41, 5.74) is 1.31. The lowest BCUT2D eigenvalue weighted by molar-refractivity contribution is -0.384.